The number of phenolic OH excluding ortho intramolecular Hbond substituents is 2. The molecule has 0 saturated carbocycles. The van der Waals surface area contributed by atoms with E-state index in [4.69, 9.17) is 10.2 Å². The van der Waals surface area contributed by atoms with Gasteiger partial charge in [-0.3, -0.25) is 9.59 Å². The number of carboxylic acid groups (broad SMARTS) is 1. The summed E-state index contributed by atoms with van der Waals surface area (Å²) in [6.45, 7) is 0.527. The number of hydrogen-bond donors (Lipinski definition) is 4. The van der Waals surface area contributed by atoms with Crippen LogP contribution in [0.5, 0.6) is 11.5 Å². The highest BCUT2D eigenvalue weighted by atomic mass is 16.4. The fraction of sp³-hybridized carbons (Fsp3) is 0.467. The Balaban J connectivity index is 2.13. The van der Waals surface area contributed by atoms with E-state index in [1.54, 1.807) is 0 Å². The molecule has 1 rings (SSSR count). The minimum Gasteiger partial charge on any atom is -0.504 e. The third kappa shape index (κ3) is 6.65. The number of amides is 1. The van der Waals surface area contributed by atoms with Crippen LogP contribution in [0.2, 0.25) is 0 Å². The van der Waals surface area contributed by atoms with Gasteiger partial charge in [0.25, 0.3) is 5.91 Å². The zero-order valence-corrected chi connectivity index (χ0v) is 11.8. The lowest BCUT2D eigenvalue weighted by atomic mass is 10.1. The number of carbonyl (C=O) groups is 2. The first kappa shape index (κ1) is 16.8. The Labute approximate surface area is 123 Å². The Morgan fingerprint density at radius 3 is 2.29 bits per heavy atom. The lowest BCUT2D eigenvalue weighted by molar-refractivity contribution is -0.137. The normalized spacial score (nSPS) is 10.3. The lowest BCUT2D eigenvalue weighted by Gasteiger charge is -2.06. The van der Waals surface area contributed by atoms with Gasteiger partial charge in [0.1, 0.15) is 0 Å². The number of carbonyl (C=O) groups excluding carboxylic acids is 1. The van der Waals surface area contributed by atoms with Gasteiger partial charge >= 0.3 is 5.97 Å². The van der Waals surface area contributed by atoms with E-state index >= 15 is 0 Å². The molecule has 0 aliphatic rings. The number of benzene rings is 1. The van der Waals surface area contributed by atoms with Crippen LogP contribution in [0.25, 0.3) is 0 Å². The molecule has 116 valence electrons. The van der Waals surface area contributed by atoms with E-state index < -0.39 is 5.97 Å². The maximum absolute atomic E-state index is 11.7. The summed E-state index contributed by atoms with van der Waals surface area (Å²) >= 11 is 0. The van der Waals surface area contributed by atoms with Gasteiger partial charge in [0.05, 0.1) is 0 Å². The molecule has 0 saturated heterocycles. The fourth-order valence-corrected chi connectivity index (χ4v) is 1.90. The summed E-state index contributed by atoms with van der Waals surface area (Å²) in [4.78, 5) is 22.1. The van der Waals surface area contributed by atoms with Crippen LogP contribution in [0.1, 0.15) is 48.9 Å². The number of rotatable bonds is 9. The topological polar surface area (TPSA) is 107 Å². The Kier molecular flexibility index (Phi) is 7.08. The van der Waals surface area contributed by atoms with Gasteiger partial charge in [-0.15, -0.1) is 0 Å². The van der Waals surface area contributed by atoms with Crippen molar-refractivity contribution in [3.8, 4) is 11.5 Å². The molecule has 0 aromatic heterocycles. The van der Waals surface area contributed by atoms with Crippen molar-refractivity contribution in [1.82, 2.24) is 5.32 Å². The number of aliphatic carboxylic acids is 1. The lowest BCUT2D eigenvalue weighted by Crippen LogP contribution is -2.24. The first-order valence-corrected chi connectivity index (χ1v) is 7.02. The molecule has 0 unspecified atom stereocenters. The molecule has 1 amide bonds. The van der Waals surface area contributed by atoms with Crippen LogP contribution in [-0.4, -0.2) is 33.7 Å². The van der Waals surface area contributed by atoms with Gasteiger partial charge in [-0.05, 0) is 31.0 Å². The summed E-state index contributed by atoms with van der Waals surface area (Å²) in [6.07, 6.45) is 4.48. The van der Waals surface area contributed by atoms with Gasteiger partial charge in [0, 0.05) is 18.5 Å². The highest BCUT2D eigenvalue weighted by Gasteiger charge is 2.07. The largest absolute Gasteiger partial charge is 0.504 e. The second-order valence-electron chi connectivity index (χ2n) is 4.87. The fourth-order valence-electron chi connectivity index (χ4n) is 1.90. The predicted molar refractivity (Wildman–Crippen MR) is 77.4 cm³/mol. The molecule has 0 heterocycles. The molecule has 0 fully saturated rings. The molecule has 0 bridgehead atoms. The Bertz CT molecular complexity index is 487. The number of carboxylic acids is 1. The monoisotopic (exact) mass is 295 g/mol. The van der Waals surface area contributed by atoms with Gasteiger partial charge in [-0.2, -0.15) is 0 Å². The van der Waals surface area contributed by atoms with Gasteiger partial charge in [0.15, 0.2) is 11.5 Å². The van der Waals surface area contributed by atoms with Crippen LogP contribution in [-0.2, 0) is 4.79 Å². The molecule has 0 radical (unpaired) electrons. The summed E-state index contributed by atoms with van der Waals surface area (Å²) in [5.41, 5.74) is 0.298. The number of hydrogen-bond acceptors (Lipinski definition) is 4. The van der Waals surface area contributed by atoms with Gasteiger partial charge < -0.3 is 20.6 Å². The summed E-state index contributed by atoms with van der Waals surface area (Å²) in [6, 6.07) is 3.93. The Morgan fingerprint density at radius 2 is 1.62 bits per heavy atom. The Morgan fingerprint density at radius 1 is 0.952 bits per heavy atom. The van der Waals surface area contributed by atoms with Crippen molar-refractivity contribution in [2.75, 3.05) is 6.54 Å². The van der Waals surface area contributed by atoms with Crippen molar-refractivity contribution in [3.63, 3.8) is 0 Å². The molecule has 6 nitrogen and oxygen atoms in total. The molecule has 0 aliphatic heterocycles. The third-order valence-electron chi connectivity index (χ3n) is 3.09. The average Bonchev–Trinajstić information content (AvgIpc) is 2.44. The number of phenols is 2. The van der Waals surface area contributed by atoms with Crippen molar-refractivity contribution < 1.29 is 24.9 Å². The zero-order valence-electron chi connectivity index (χ0n) is 11.8. The number of nitrogens with one attached hydrogen (secondary N) is 1. The quantitative estimate of drug-likeness (QED) is 0.413. The van der Waals surface area contributed by atoms with E-state index in [1.165, 1.54) is 18.2 Å². The first-order chi connectivity index (χ1) is 10.0. The van der Waals surface area contributed by atoms with Crippen molar-refractivity contribution >= 4 is 11.9 Å². The highest BCUT2D eigenvalue weighted by molar-refractivity contribution is 5.94. The first-order valence-electron chi connectivity index (χ1n) is 7.02. The van der Waals surface area contributed by atoms with E-state index in [-0.39, 0.29) is 23.8 Å². The van der Waals surface area contributed by atoms with E-state index in [0.29, 0.717) is 18.5 Å². The second kappa shape index (κ2) is 8.84. The van der Waals surface area contributed by atoms with E-state index in [1.807, 2.05) is 0 Å². The van der Waals surface area contributed by atoms with Crippen LogP contribution < -0.4 is 5.32 Å². The smallest absolute Gasteiger partial charge is 0.303 e. The van der Waals surface area contributed by atoms with E-state index in [2.05, 4.69) is 5.32 Å². The maximum Gasteiger partial charge on any atom is 0.303 e. The minimum absolute atomic E-state index is 0.209. The third-order valence-corrected chi connectivity index (χ3v) is 3.09. The van der Waals surface area contributed by atoms with Crippen LogP contribution in [0.3, 0.4) is 0 Å². The standard InChI is InChI=1S/C15H21NO5/c17-12-8-7-11(10-13(12)18)15(21)16-9-5-3-1-2-4-6-14(19)20/h7-8,10,17-18H,1-6,9H2,(H,16,21)(H,19,20). The molecular weight excluding hydrogens is 274 g/mol. The van der Waals surface area contributed by atoms with Gasteiger partial charge in [0.2, 0.25) is 0 Å². The number of aromatic hydroxyl groups is 2. The van der Waals surface area contributed by atoms with E-state index in [9.17, 15) is 14.7 Å². The van der Waals surface area contributed by atoms with Crippen LogP contribution in [0.15, 0.2) is 18.2 Å². The van der Waals surface area contributed by atoms with Gasteiger partial charge in [-0.25, -0.2) is 0 Å². The van der Waals surface area contributed by atoms with Crippen molar-refractivity contribution in [3.05, 3.63) is 23.8 Å². The van der Waals surface area contributed by atoms with Gasteiger partial charge in [-0.1, -0.05) is 19.3 Å². The van der Waals surface area contributed by atoms with Crippen LogP contribution >= 0.6 is 0 Å². The highest BCUT2D eigenvalue weighted by Crippen LogP contribution is 2.24. The van der Waals surface area contributed by atoms with Crippen LogP contribution in [0.4, 0.5) is 0 Å². The number of unbranched alkanes of at least 4 members (excludes halogenated alkanes) is 4. The summed E-state index contributed by atoms with van der Waals surface area (Å²) in [5, 5.41) is 29.7. The molecule has 1 aromatic carbocycles. The average molecular weight is 295 g/mol. The van der Waals surface area contributed by atoms with Crippen molar-refractivity contribution in [2.45, 2.75) is 38.5 Å². The predicted octanol–water partition coefficient (Wildman–Crippen LogP) is 2.25. The molecule has 21 heavy (non-hydrogen) atoms. The summed E-state index contributed by atoms with van der Waals surface area (Å²) in [7, 11) is 0. The summed E-state index contributed by atoms with van der Waals surface area (Å²) < 4.78 is 0. The molecule has 6 heteroatoms. The maximum atomic E-state index is 11.7. The molecule has 0 spiro atoms. The zero-order chi connectivity index (χ0) is 15.7. The Hall–Kier alpha value is -2.24. The van der Waals surface area contributed by atoms with Crippen LogP contribution in [0, 0.1) is 0 Å². The second-order valence-corrected chi connectivity index (χ2v) is 4.87. The minimum atomic E-state index is -0.764. The molecule has 0 aliphatic carbocycles. The molecule has 0 atom stereocenters. The summed E-state index contributed by atoms with van der Waals surface area (Å²) in [5.74, 6) is -1.63. The van der Waals surface area contributed by atoms with E-state index in [0.717, 1.165) is 25.7 Å². The SMILES string of the molecule is O=C(O)CCCCCCCNC(=O)c1ccc(O)c(O)c1. The van der Waals surface area contributed by atoms with Crippen molar-refractivity contribution in [2.24, 2.45) is 0 Å². The van der Waals surface area contributed by atoms with Crippen molar-refractivity contribution in [1.29, 1.82) is 0 Å². The molecular formula is C15H21NO5. The molecule has 4 N–H and O–H groups in total. The molecule has 1 aromatic rings.